The largest absolute Gasteiger partial charge is 0.380 e. The molecular weight excluding hydrogens is 432 g/mol. The Morgan fingerprint density at radius 1 is 1.37 bits per heavy atom. The van der Waals surface area contributed by atoms with Crippen LogP contribution >= 0.6 is 11.3 Å². The summed E-state index contributed by atoms with van der Waals surface area (Å²) >= 11 is 1.22. The second kappa shape index (κ2) is 9.33. The molecule has 0 spiro atoms. The molecule has 10 nitrogen and oxygen atoms in total. The first-order chi connectivity index (χ1) is 14.2. The zero-order valence-electron chi connectivity index (χ0n) is 16.8. The van der Waals surface area contributed by atoms with Gasteiger partial charge in [-0.2, -0.15) is 4.99 Å². The molecule has 1 aliphatic heterocycles. The minimum Gasteiger partial charge on any atom is -0.380 e. The van der Waals surface area contributed by atoms with Crippen molar-refractivity contribution in [2.45, 2.75) is 26.3 Å². The van der Waals surface area contributed by atoms with Crippen LogP contribution in [0.1, 0.15) is 19.8 Å². The van der Waals surface area contributed by atoms with Crippen molar-refractivity contribution in [3.8, 4) is 0 Å². The number of piperidine rings is 1. The summed E-state index contributed by atoms with van der Waals surface area (Å²) in [6.07, 6.45) is 2.01. The summed E-state index contributed by atoms with van der Waals surface area (Å²) in [4.78, 5) is 28.2. The van der Waals surface area contributed by atoms with E-state index in [4.69, 9.17) is 4.74 Å². The zero-order valence-corrected chi connectivity index (χ0v) is 18.4. The van der Waals surface area contributed by atoms with Gasteiger partial charge in [0.2, 0.25) is 10.0 Å². The fourth-order valence-electron chi connectivity index (χ4n) is 3.40. The molecule has 1 aromatic heterocycles. The number of non-ortho nitro benzene ring substituents is 1. The van der Waals surface area contributed by atoms with E-state index in [2.05, 4.69) is 4.99 Å². The minimum atomic E-state index is -3.26. The number of nitro benzene ring substituents is 1. The molecule has 0 atom stereocenters. The van der Waals surface area contributed by atoms with Gasteiger partial charge in [0.25, 0.3) is 11.6 Å². The molecule has 30 heavy (non-hydrogen) atoms. The Bertz CT molecular complexity index is 1110. The summed E-state index contributed by atoms with van der Waals surface area (Å²) < 4.78 is 32.6. The van der Waals surface area contributed by atoms with Crippen LogP contribution in [0, 0.1) is 16.0 Å². The molecule has 3 rings (SSSR count). The van der Waals surface area contributed by atoms with Crippen molar-refractivity contribution in [1.29, 1.82) is 0 Å². The first kappa shape index (κ1) is 22.5. The number of thiazole rings is 1. The molecule has 1 aromatic carbocycles. The van der Waals surface area contributed by atoms with E-state index in [1.807, 2.05) is 11.5 Å². The topological polar surface area (TPSA) is 124 Å². The standard InChI is InChI=1S/C18H24N4O6S2/c1-3-28-11-10-21-15-5-4-14(22(24)25)12-16(15)29-18(21)19-17(23)13-6-8-20(9-7-13)30(2,26)27/h4-5,12-13H,3,6-11H2,1-2H3. The molecule has 0 radical (unpaired) electrons. The van der Waals surface area contributed by atoms with E-state index < -0.39 is 14.9 Å². The molecule has 2 aromatic rings. The predicted octanol–water partition coefficient (Wildman–Crippen LogP) is 1.75. The number of aromatic nitrogens is 1. The van der Waals surface area contributed by atoms with Gasteiger partial charge in [0, 0.05) is 44.3 Å². The second-order valence-electron chi connectivity index (χ2n) is 7.03. The minimum absolute atomic E-state index is 0.0215. The van der Waals surface area contributed by atoms with Gasteiger partial charge in [-0.25, -0.2) is 12.7 Å². The van der Waals surface area contributed by atoms with E-state index in [1.54, 1.807) is 6.07 Å². The molecule has 0 saturated carbocycles. The Labute approximate surface area is 178 Å². The van der Waals surface area contributed by atoms with Crippen LogP contribution in [0.4, 0.5) is 5.69 Å². The lowest BCUT2D eigenvalue weighted by atomic mass is 9.98. The highest BCUT2D eigenvalue weighted by atomic mass is 32.2. The number of carbonyl (C=O) groups excluding carboxylic acids is 1. The van der Waals surface area contributed by atoms with Crippen LogP contribution in [0.25, 0.3) is 10.2 Å². The van der Waals surface area contributed by atoms with Gasteiger partial charge in [-0.3, -0.25) is 14.9 Å². The van der Waals surface area contributed by atoms with E-state index in [0.717, 1.165) is 11.8 Å². The maximum absolute atomic E-state index is 12.8. The quantitative estimate of drug-likeness (QED) is 0.355. The highest BCUT2D eigenvalue weighted by Gasteiger charge is 2.29. The third-order valence-corrected chi connectivity index (χ3v) is 7.36. The molecule has 0 aliphatic carbocycles. The van der Waals surface area contributed by atoms with Gasteiger partial charge in [-0.05, 0) is 25.8 Å². The van der Waals surface area contributed by atoms with Gasteiger partial charge >= 0.3 is 0 Å². The van der Waals surface area contributed by atoms with E-state index >= 15 is 0 Å². The zero-order chi connectivity index (χ0) is 21.9. The summed E-state index contributed by atoms with van der Waals surface area (Å²) in [6, 6.07) is 4.56. The number of hydrogen-bond acceptors (Lipinski definition) is 7. The summed E-state index contributed by atoms with van der Waals surface area (Å²) in [7, 11) is -3.26. The van der Waals surface area contributed by atoms with Gasteiger partial charge in [0.05, 0.1) is 28.0 Å². The van der Waals surface area contributed by atoms with Crippen LogP contribution < -0.4 is 4.80 Å². The van der Waals surface area contributed by atoms with Gasteiger partial charge in [-0.15, -0.1) is 0 Å². The van der Waals surface area contributed by atoms with Crippen LogP contribution in [-0.4, -0.2) is 60.7 Å². The Balaban J connectivity index is 1.90. The van der Waals surface area contributed by atoms with Crippen molar-refractivity contribution in [3.05, 3.63) is 33.1 Å². The number of rotatable bonds is 7. The maximum Gasteiger partial charge on any atom is 0.270 e. The molecule has 1 fully saturated rings. The van der Waals surface area contributed by atoms with E-state index in [-0.39, 0.29) is 17.5 Å². The fourth-order valence-corrected chi connectivity index (χ4v) is 5.37. The number of nitrogens with zero attached hydrogens (tertiary/aromatic N) is 4. The molecule has 0 N–H and O–H groups in total. The normalized spacial score (nSPS) is 16.9. The Morgan fingerprint density at radius 2 is 2.07 bits per heavy atom. The molecule has 0 unspecified atom stereocenters. The maximum atomic E-state index is 12.8. The van der Waals surface area contributed by atoms with Crippen LogP contribution in [-0.2, 0) is 26.1 Å². The van der Waals surface area contributed by atoms with Crippen molar-refractivity contribution in [3.63, 3.8) is 0 Å². The molecular formula is C18H24N4O6S2. The Morgan fingerprint density at radius 3 is 2.67 bits per heavy atom. The molecule has 1 saturated heterocycles. The first-order valence-corrected chi connectivity index (χ1v) is 12.3. The number of hydrogen-bond donors (Lipinski definition) is 0. The highest BCUT2D eigenvalue weighted by molar-refractivity contribution is 7.88. The third-order valence-electron chi connectivity index (χ3n) is 5.02. The van der Waals surface area contributed by atoms with Gasteiger partial charge in [-0.1, -0.05) is 11.3 Å². The SMILES string of the molecule is CCOCCn1c(=NC(=O)C2CCN(S(C)(=O)=O)CC2)sc2cc([N+](=O)[O-])ccc21. The molecule has 0 bridgehead atoms. The Kier molecular flexibility index (Phi) is 7.01. The number of benzene rings is 1. The van der Waals surface area contributed by atoms with Crippen LogP contribution in [0.15, 0.2) is 23.2 Å². The average molecular weight is 457 g/mol. The lowest BCUT2D eigenvalue weighted by Crippen LogP contribution is -2.39. The lowest BCUT2D eigenvalue weighted by molar-refractivity contribution is -0.384. The highest BCUT2D eigenvalue weighted by Crippen LogP contribution is 2.24. The van der Waals surface area contributed by atoms with Crippen LogP contribution in [0.2, 0.25) is 0 Å². The third kappa shape index (κ3) is 5.12. The van der Waals surface area contributed by atoms with Crippen molar-refractivity contribution in [2.75, 3.05) is 32.6 Å². The number of amides is 1. The van der Waals surface area contributed by atoms with Crippen molar-refractivity contribution < 1.29 is 22.9 Å². The second-order valence-corrected chi connectivity index (χ2v) is 10.0. The molecule has 1 aliphatic rings. The van der Waals surface area contributed by atoms with Gasteiger partial charge in [0.1, 0.15) is 0 Å². The first-order valence-electron chi connectivity index (χ1n) is 9.60. The Hall–Kier alpha value is -2.15. The smallest absolute Gasteiger partial charge is 0.270 e. The van der Waals surface area contributed by atoms with Crippen molar-refractivity contribution >= 4 is 43.2 Å². The predicted molar refractivity (Wildman–Crippen MR) is 113 cm³/mol. The van der Waals surface area contributed by atoms with Crippen LogP contribution in [0.5, 0.6) is 0 Å². The van der Waals surface area contributed by atoms with Crippen LogP contribution in [0.3, 0.4) is 0 Å². The monoisotopic (exact) mass is 456 g/mol. The number of ether oxygens (including phenoxy) is 1. The summed E-state index contributed by atoms with van der Waals surface area (Å²) in [5.41, 5.74) is 0.732. The fraction of sp³-hybridized carbons (Fsp3) is 0.556. The summed E-state index contributed by atoms with van der Waals surface area (Å²) in [6.45, 7) is 3.93. The van der Waals surface area contributed by atoms with E-state index in [0.29, 0.717) is 55.2 Å². The molecule has 12 heteroatoms. The molecule has 2 heterocycles. The van der Waals surface area contributed by atoms with Crippen molar-refractivity contribution in [1.82, 2.24) is 8.87 Å². The summed E-state index contributed by atoms with van der Waals surface area (Å²) in [5, 5.41) is 11.1. The number of carbonyl (C=O) groups is 1. The van der Waals surface area contributed by atoms with E-state index in [1.165, 1.54) is 27.8 Å². The average Bonchev–Trinajstić information content (AvgIpc) is 3.04. The number of sulfonamides is 1. The van der Waals surface area contributed by atoms with Gasteiger partial charge in [0.15, 0.2) is 4.80 Å². The number of nitro groups is 1. The van der Waals surface area contributed by atoms with Gasteiger partial charge < -0.3 is 9.30 Å². The molecule has 1 amide bonds. The number of fused-ring (bicyclic) bond motifs is 1. The summed E-state index contributed by atoms with van der Waals surface area (Å²) in [5.74, 6) is -0.641. The lowest BCUT2D eigenvalue weighted by Gasteiger charge is -2.28. The van der Waals surface area contributed by atoms with E-state index in [9.17, 15) is 23.3 Å². The van der Waals surface area contributed by atoms with Crippen molar-refractivity contribution in [2.24, 2.45) is 10.9 Å². The molecule has 164 valence electrons.